The van der Waals surface area contributed by atoms with Crippen LogP contribution in [0.25, 0.3) is 11.0 Å². The number of hydrogen-bond acceptors (Lipinski definition) is 6. The van der Waals surface area contributed by atoms with Gasteiger partial charge in [-0.2, -0.15) is 8.75 Å². The molecule has 0 unspecified atom stereocenters. The normalized spacial score (nSPS) is 10.7. The van der Waals surface area contributed by atoms with E-state index in [2.05, 4.69) is 14.1 Å². The standard InChI is InChI=1S/C12H6ClN3O3S2/c13-5-1-2-6-10(16-21-15-6)9(5)14-11(17)7-3-4-8(20-7)12(18)19/h1-4H,(H,14,17)(H,18,19). The van der Waals surface area contributed by atoms with Crippen molar-refractivity contribution >= 4 is 63.3 Å². The van der Waals surface area contributed by atoms with Gasteiger partial charge in [0, 0.05) is 0 Å². The number of nitrogens with one attached hydrogen (secondary N) is 1. The van der Waals surface area contributed by atoms with Crippen molar-refractivity contribution in [3.05, 3.63) is 39.0 Å². The molecule has 0 radical (unpaired) electrons. The van der Waals surface area contributed by atoms with Crippen molar-refractivity contribution in [2.45, 2.75) is 0 Å². The van der Waals surface area contributed by atoms with Crippen LogP contribution in [0.15, 0.2) is 24.3 Å². The number of carboxylic acids is 1. The Morgan fingerprint density at radius 1 is 1.14 bits per heavy atom. The predicted octanol–water partition coefficient (Wildman–Crippen LogP) is 3.36. The summed E-state index contributed by atoms with van der Waals surface area (Å²) in [5.41, 5.74) is 1.52. The molecule has 0 saturated heterocycles. The second-order valence-corrected chi connectivity index (χ2v) is 6.00. The molecule has 0 atom stereocenters. The molecule has 21 heavy (non-hydrogen) atoms. The number of fused-ring (bicyclic) bond motifs is 1. The summed E-state index contributed by atoms with van der Waals surface area (Å²) in [5, 5.41) is 11.9. The summed E-state index contributed by atoms with van der Waals surface area (Å²) in [6.45, 7) is 0. The average Bonchev–Trinajstić information content (AvgIpc) is 3.09. The lowest BCUT2D eigenvalue weighted by Gasteiger charge is -2.06. The number of benzene rings is 1. The third-order valence-corrected chi connectivity index (χ3v) is 4.59. The largest absolute Gasteiger partial charge is 0.477 e. The topological polar surface area (TPSA) is 92.2 Å². The van der Waals surface area contributed by atoms with Gasteiger partial charge in [0.1, 0.15) is 15.9 Å². The number of carbonyl (C=O) groups is 2. The number of amides is 1. The van der Waals surface area contributed by atoms with Crippen LogP contribution in [0.3, 0.4) is 0 Å². The number of thiophene rings is 1. The first kappa shape index (κ1) is 13.9. The van der Waals surface area contributed by atoms with Crippen LogP contribution in [-0.2, 0) is 0 Å². The molecule has 2 heterocycles. The molecule has 1 amide bonds. The van der Waals surface area contributed by atoms with Crippen molar-refractivity contribution in [3.63, 3.8) is 0 Å². The number of nitrogens with zero attached hydrogens (tertiary/aromatic N) is 2. The molecule has 2 N–H and O–H groups in total. The third-order valence-electron chi connectivity index (χ3n) is 2.66. The van der Waals surface area contributed by atoms with Gasteiger partial charge in [0.15, 0.2) is 0 Å². The van der Waals surface area contributed by atoms with Crippen LogP contribution >= 0.6 is 34.7 Å². The molecule has 9 heteroatoms. The van der Waals surface area contributed by atoms with Crippen LogP contribution < -0.4 is 5.32 Å². The quantitative estimate of drug-likeness (QED) is 0.763. The number of aromatic carboxylic acids is 1. The number of anilines is 1. The third kappa shape index (κ3) is 2.60. The maximum absolute atomic E-state index is 12.2. The van der Waals surface area contributed by atoms with E-state index >= 15 is 0 Å². The highest BCUT2D eigenvalue weighted by molar-refractivity contribution is 7.16. The Morgan fingerprint density at radius 3 is 2.62 bits per heavy atom. The molecule has 6 nitrogen and oxygen atoms in total. The van der Waals surface area contributed by atoms with Crippen molar-refractivity contribution < 1.29 is 14.7 Å². The molecule has 3 rings (SSSR count). The van der Waals surface area contributed by atoms with Gasteiger partial charge in [-0.05, 0) is 24.3 Å². The van der Waals surface area contributed by atoms with Crippen molar-refractivity contribution in [3.8, 4) is 0 Å². The summed E-state index contributed by atoms with van der Waals surface area (Å²) in [7, 11) is 0. The molecule has 0 aliphatic carbocycles. The Kier molecular flexibility index (Phi) is 3.58. The molecule has 3 aromatic rings. The molecule has 1 aromatic carbocycles. The molecule has 0 saturated carbocycles. The van der Waals surface area contributed by atoms with Crippen LogP contribution in [0, 0.1) is 0 Å². The second kappa shape index (κ2) is 5.40. The van der Waals surface area contributed by atoms with Crippen molar-refractivity contribution in [2.24, 2.45) is 0 Å². The van der Waals surface area contributed by atoms with E-state index in [4.69, 9.17) is 16.7 Å². The van der Waals surface area contributed by atoms with Gasteiger partial charge in [-0.1, -0.05) is 11.6 Å². The Bertz CT molecular complexity index is 858. The summed E-state index contributed by atoms with van der Waals surface area (Å²) < 4.78 is 8.17. The molecule has 0 aliphatic heterocycles. The van der Waals surface area contributed by atoms with E-state index in [1.54, 1.807) is 12.1 Å². The first-order valence-corrected chi connectivity index (χ1v) is 7.54. The van der Waals surface area contributed by atoms with Crippen LogP contribution in [0.2, 0.25) is 5.02 Å². The fraction of sp³-hybridized carbons (Fsp3) is 0. The first-order chi connectivity index (χ1) is 10.1. The highest BCUT2D eigenvalue weighted by Gasteiger charge is 2.17. The summed E-state index contributed by atoms with van der Waals surface area (Å²) >= 11 is 7.99. The van der Waals surface area contributed by atoms with Gasteiger partial charge < -0.3 is 10.4 Å². The Balaban J connectivity index is 1.94. The molecule has 0 bridgehead atoms. The Morgan fingerprint density at radius 2 is 1.90 bits per heavy atom. The van der Waals surface area contributed by atoms with Gasteiger partial charge in [0.05, 0.1) is 27.3 Å². The number of rotatable bonds is 3. The molecule has 106 valence electrons. The summed E-state index contributed by atoms with van der Waals surface area (Å²) in [5.74, 6) is -1.50. The molecule has 0 spiro atoms. The zero-order valence-electron chi connectivity index (χ0n) is 10.2. The number of halogens is 1. The first-order valence-electron chi connectivity index (χ1n) is 5.61. The second-order valence-electron chi connectivity index (χ2n) is 3.98. The fourth-order valence-corrected chi connectivity index (χ4v) is 3.18. The van der Waals surface area contributed by atoms with E-state index in [1.807, 2.05) is 0 Å². The zero-order valence-corrected chi connectivity index (χ0v) is 12.6. The summed E-state index contributed by atoms with van der Waals surface area (Å²) in [6.07, 6.45) is 0. The smallest absolute Gasteiger partial charge is 0.345 e. The van der Waals surface area contributed by atoms with Crippen LogP contribution in [0.1, 0.15) is 19.3 Å². The van der Waals surface area contributed by atoms with Gasteiger partial charge in [-0.15, -0.1) is 11.3 Å². The summed E-state index contributed by atoms with van der Waals surface area (Å²) in [4.78, 5) is 23.4. The molecular weight excluding hydrogens is 334 g/mol. The number of carbonyl (C=O) groups excluding carboxylic acids is 1. The van der Waals surface area contributed by atoms with Gasteiger partial charge in [0.2, 0.25) is 0 Å². The number of carboxylic acid groups (broad SMARTS) is 1. The molecule has 0 aliphatic rings. The van der Waals surface area contributed by atoms with Crippen LogP contribution in [0.4, 0.5) is 5.69 Å². The minimum Gasteiger partial charge on any atom is -0.477 e. The van der Waals surface area contributed by atoms with E-state index in [1.165, 1.54) is 12.1 Å². The van der Waals surface area contributed by atoms with Crippen molar-refractivity contribution in [1.82, 2.24) is 8.75 Å². The van der Waals surface area contributed by atoms with Crippen LogP contribution in [0.5, 0.6) is 0 Å². The van der Waals surface area contributed by atoms with E-state index in [0.29, 0.717) is 21.7 Å². The minimum atomic E-state index is -1.07. The van der Waals surface area contributed by atoms with Crippen LogP contribution in [-0.4, -0.2) is 25.7 Å². The lowest BCUT2D eigenvalue weighted by molar-refractivity contribution is 0.0702. The van der Waals surface area contributed by atoms with E-state index in [9.17, 15) is 9.59 Å². The molecule has 2 aromatic heterocycles. The van der Waals surface area contributed by atoms with E-state index in [0.717, 1.165) is 23.1 Å². The Labute approximate surface area is 131 Å². The van der Waals surface area contributed by atoms with Gasteiger partial charge in [0.25, 0.3) is 5.91 Å². The van der Waals surface area contributed by atoms with Gasteiger partial charge in [-0.25, -0.2) is 4.79 Å². The van der Waals surface area contributed by atoms with E-state index < -0.39 is 11.9 Å². The van der Waals surface area contributed by atoms with Gasteiger partial charge >= 0.3 is 5.97 Å². The summed E-state index contributed by atoms with van der Waals surface area (Å²) in [6, 6.07) is 6.17. The lowest BCUT2D eigenvalue weighted by atomic mass is 10.2. The fourth-order valence-electron chi connectivity index (χ4n) is 1.70. The monoisotopic (exact) mass is 339 g/mol. The number of hydrogen-bond donors (Lipinski definition) is 2. The van der Waals surface area contributed by atoms with Gasteiger partial charge in [-0.3, -0.25) is 4.79 Å². The molecular formula is C12H6ClN3O3S2. The lowest BCUT2D eigenvalue weighted by Crippen LogP contribution is -2.11. The number of aromatic nitrogens is 2. The van der Waals surface area contributed by atoms with Crippen molar-refractivity contribution in [1.29, 1.82) is 0 Å². The average molecular weight is 340 g/mol. The zero-order chi connectivity index (χ0) is 15.0. The minimum absolute atomic E-state index is 0.0970. The highest BCUT2D eigenvalue weighted by atomic mass is 35.5. The maximum Gasteiger partial charge on any atom is 0.345 e. The maximum atomic E-state index is 12.2. The predicted molar refractivity (Wildman–Crippen MR) is 81.7 cm³/mol. The molecule has 0 fully saturated rings. The Hall–Kier alpha value is -2.03. The van der Waals surface area contributed by atoms with Crippen molar-refractivity contribution in [2.75, 3.05) is 5.32 Å². The SMILES string of the molecule is O=C(O)c1ccc(C(=O)Nc2c(Cl)ccc3nsnc23)s1. The van der Waals surface area contributed by atoms with E-state index in [-0.39, 0.29) is 9.75 Å². The highest BCUT2D eigenvalue weighted by Crippen LogP contribution is 2.30.